The zero-order valence-corrected chi connectivity index (χ0v) is 16.9. The number of carbonyl (C=O) groups excluding carboxylic acids is 1. The Morgan fingerprint density at radius 1 is 1.25 bits per heavy atom. The molecule has 0 atom stereocenters. The molecule has 0 saturated carbocycles. The number of thiazole rings is 1. The molecule has 28 heavy (non-hydrogen) atoms. The van der Waals surface area contributed by atoms with E-state index in [0.29, 0.717) is 22.7 Å². The first-order valence-electron chi connectivity index (χ1n) is 9.54. The van der Waals surface area contributed by atoms with Crippen LogP contribution in [0.2, 0.25) is 0 Å². The number of nitrogens with one attached hydrogen (secondary N) is 1. The van der Waals surface area contributed by atoms with Crippen molar-refractivity contribution in [2.75, 3.05) is 18.4 Å². The number of amides is 1. The van der Waals surface area contributed by atoms with E-state index in [0.717, 1.165) is 31.0 Å². The number of likely N-dealkylation sites (tertiary alicyclic amines) is 1. The van der Waals surface area contributed by atoms with Gasteiger partial charge in [0, 0.05) is 30.4 Å². The predicted octanol–water partition coefficient (Wildman–Crippen LogP) is 3.03. The highest BCUT2D eigenvalue weighted by Gasteiger charge is 2.18. The number of fused-ring (bicyclic) bond motifs is 1. The van der Waals surface area contributed by atoms with Crippen LogP contribution in [0.3, 0.4) is 0 Å². The lowest BCUT2D eigenvalue weighted by Gasteiger charge is -2.12. The number of anilines is 1. The van der Waals surface area contributed by atoms with Crippen LogP contribution in [0.5, 0.6) is 0 Å². The standard InChI is InChI=1S/C20H23N5O2S/c1-3-25-11-16(17(26)15-7-6-13(2)21-18(15)25)19(27)23-20-22-14(12-28-20)10-24-8-4-5-9-24/h6-7,11-12H,3-5,8-10H2,1-2H3,(H,22,23,27). The number of hydrogen-bond donors (Lipinski definition) is 1. The average molecular weight is 398 g/mol. The number of nitrogens with zero attached hydrogens (tertiary/aromatic N) is 4. The third-order valence-corrected chi connectivity index (χ3v) is 5.81. The smallest absolute Gasteiger partial charge is 0.262 e. The molecule has 3 aromatic heterocycles. The van der Waals surface area contributed by atoms with Crippen LogP contribution in [0.15, 0.2) is 28.5 Å². The molecule has 4 rings (SSSR count). The highest BCUT2D eigenvalue weighted by atomic mass is 32.1. The third kappa shape index (κ3) is 3.70. The predicted molar refractivity (Wildman–Crippen MR) is 111 cm³/mol. The Kier molecular flexibility index (Phi) is 5.23. The van der Waals surface area contributed by atoms with Gasteiger partial charge in [0.05, 0.1) is 11.1 Å². The Bertz CT molecular complexity index is 1080. The molecule has 0 aliphatic carbocycles. The molecular weight excluding hydrogens is 374 g/mol. The van der Waals surface area contributed by atoms with E-state index < -0.39 is 5.91 Å². The van der Waals surface area contributed by atoms with Crippen LogP contribution in [0.25, 0.3) is 11.0 Å². The zero-order valence-electron chi connectivity index (χ0n) is 16.1. The molecule has 0 bridgehead atoms. The lowest BCUT2D eigenvalue weighted by molar-refractivity contribution is 0.102. The molecule has 146 valence electrons. The van der Waals surface area contributed by atoms with E-state index >= 15 is 0 Å². The molecule has 8 heteroatoms. The monoisotopic (exact) mass is 397 g/mol. The first kappa shape index (κ1) is 18.8. The van der Waals surface area contributed by atoms with Crippen LogP contribution < -0.4 is 10.7 Å². The lowest BCUT2D eigenvalue weighted by Crippen LogP contribution is -2.24. The summed E-state index contributed by atoms with van der Waals surface area (Å²) in [5.74, 6) is -0.434. The minimum absolute atomic E-state index is 0.108. The van der Waals surface area contributed by atoms with E-state index in [-0.39, 0.29) is 11.0 Å². The maximum atomic E-state index is 12.8. The van der Waals surface area contributed by atoms with Crippen LogP contribution >= 0.6 is 11.3 Å². The summed E-state index contributed by atoms with van der Waals surface area (Å²) in [6.45, 7) is 7.45. The summed E-state index contributed by atoms with van der Waals surface area (Å²) in [6, 6.07) is 3.53. The summed E-state index contributed by atoms with van der Waals surface area (Å²) in [5, 5.41) is 5.72. The van der Waals surface area contributed by atoms with Gasteiger partial charge < -0.3 is 4.57 Å². The maximum absolute atomic E-state index is 12.8. The van der Waals surface area contributed by atoms with Gasteiger partial charge in [0.25, 0.3) is 5.91 Å². The van der Waals surface area contributed by atoms with Gasteiger partial charge in [0.2, 0.25) is 5.43 Å². The van der Waals surface area contributed by atoms with Gasteiger partial charge in [0.15, 0.2) is 5.13 Å². The molecule has 0 unspecified atom stereocenters. The summed E-state index contributed by atoms with van der Waals surface area (Å²) in [4.78, 5) is 36.9. The van der Waals surface area contributed by atoms with E-state index in [1.54, 1.807) is 18.3 Å². The highest BCUT2D eigenvalue weighted by Crippen LogP contribution is 2.20. The normalized spacial score (nSPS) is 14.6. The van der Waals surface area contributed by atoms with Crippen LogP contribution in [-0.2, 0) is 13.1 Å². The summed E-state index contributed by atoms with van der Waals surface area (Å²) in [5.41, 5.74) is 2.19. The van der Waals surface area contributed by atoms with Crippen molar-refractivity contribution < 1.29 is 4.79 Å². The first-order valence-corrected chi connectivity index (χ1v) is 10.4. The molecule has 1 fully saturated rings. The van der Waals surface area contributed by atoms with E-state index in [2.05, 4.69) is 20.2 Å². The Labute approximate surface area is 167 Å². The van der Waals surface area contributed by atoms with Gasteiger partial charge in [-0.3, -0.25) is 19.8 Å². The van der Waals surface area contributed by atoms with Gasteiger partial charge in [-0.15, -0.1) is 11.3 Å². The van der Waals surface area contributed by atoms with Crippen molar-refractivity contribution in [3.05, 3.63) is 50.9 Å². The molecule has 0 aromatic carbocycles. The molecule has 4 heterocycles. The van der Waals surface area contributed by atoms with E-state index in [9.17, 15) is 9.59 Å². The van der Waals surface area contributed by atoms with Gasteiger partial charge in [-0.1, -0.05) is 0 Å². The molecule has 0 radical (unpaired) electrons. The van der Waals surface area contributed by atoms with E-state index in [4.69, 9.17) is 0 Å². The molecule has 1 N–H and O–H groups in total. The first-order chi connectivity index (χ1) is 13.5. The molecular formula is C20H23N5O2S. The maximum Gasteiger partial charge on any atom is 0.262 e. The van der Waals surface area contributed by atoms with Crippen molar-refractivity contribution in [2.24, 2.45) is 0 Å². The van der Waals surface area contributed by atoms with Gasteiger partial charge in [0.1, 0.15) is 11.2 Å². The second-order valence-corrected chi connectivity index (χ2v) is 7.92. The largest absolute Gasteiger partial charge is 0.332 e. The lowest BCUT2D eigenvalue weighted by atomic mass is 10.1. The third-order valence-electron chi connectivity index (χ3n) is 5.00. The molecule has 1 aliphatic heterocycles. The van der Waals surface area contributed by atoms with Gasteiger partial charge in [-0.25, -0.2) is 9.97 Å². The Morgan fingerprint density at radius 2 is 2.04 bits per heavy atom. The molecule has 1 amide bonds. The topological polar surface area (TPSA) is 80.1 Å². The number of carbonyl (C=O) groups is 1. The summed E-state index contributed by atoms with van der Waals surface area (Å²) in [7, 11) is 0. The van der Waals surface area contributed by atoms with Gasteiger partial charge in [-0.2, -0.15) is 0 Å². The van der Waals surface area contributed by atoms with Crippen LogP contribution in [0.4, 0.5) is 5.13 Å². The van der Waals surface area contributed by atoms with Gasteiger partial charge >= 0.3 is 0 Å². The highest BCUT2D eigenvalue weighted by molar-refractivity contribution is 7.14. The van der Waals surface area contributed by atoms with Crippen molar-refractivity contribution in [3.8, 4) is 0 Å². The number of aromatic nitrogens is 3. The fourth-order valence-corrected chi connectivity index (χ4v) is 4.23. The molecule has 0 spiro atoms. The average Bonchev–Trinajstić information content (AvgIpc) is 3.34. The summed E-state index contributed by atoms with van der Waals surface area (Å²) < 4.78 is 1.83. The van der Waals surface area contributed by atoms with Crippen molar-refractivity contribution >= 4 is 33.4 Å². The Morgan fingerprint density at radius 3 is 2.79 bits per heavy atom. The minimum Gasteiger partial charge on any atom is -0.332 e. The van der Waals surface area contributed by atoms with E-state index in [1.807, 2.05) is 23.8 Å². The fraction of sp³-hybridized carbons (Fsp3) is 0.400. The Balaban J connectivity index is 1.59. The van der Waals surface area contributed by atoms with Crippen LogP contribution in [0.1, 0.15) is 41.5 Å². The fourth-order valence-electron chi connectivity index (χ4n) is 3.53. The molecule has 1 saturated heterocycles. The number of pyridine rings is 2. The zero-order chi connectivity index (χ0) is 19.7. The quantitative estimate of drug-likeness (QED) is 0.716. The second-order valence-electron chi connectivity index (χ2n) is 7.06. The molecule has 7 nitrogen and oxygen atoms in total. The van der Waals surface area contributed by atoms with Gasteiger partial charge in [-0.05, 0) is 51.9 Å². The van der Waals surface area contributed by atoms with Crippen molar-refractivity contribution in [1.82, 2.24) is 19.4 Å². The number of rotatable bonds is 5. The van der Waals surface area contributed by atoms with Crippen LogP contribution in [-0.4, -0.2) is 38.4 Å². The summed E-state index contributed by atoms with van der Waals surface area (Å²) in [6.07, 6.45) is 4.05. The van der Waals surface area contributed by atoms with E-state index in [1.165, 1.54) is 24.2 Å². The van der Waals surface area contributed by atoms with Crippen molar-refractivity contribution in [2.45, 2.75) is 39.8 Å². The van der Waals surface area contributed by atoms with Crippen molar-refractivity contribution in [3.63, 3.8) is 0 Å². The van der Waals surface area contributed by atoms with Crippen molar-refractivity contribution in [1.29, 1.82) is 0 Å². The molecule has 3 aromatic rings. The molecule has 1 aliphatic rings. The number of aryl methyl sites for hydroxylation is 2. The summed E-state index contributed by atoms with van der Waals surface area (Å²) >= 11 is 1.39. The number of hydrogen-bond acceptors (Lipinski definition) is 6. The van der Waals surface area contributed by atoms with Crippen LogP contribution in [0, 0.1) is 6.92 Å². The SMILES string of the molecule is CCn1cc(C(=O)Nc2nc(CN3CCCC3)cs2)c(=O)c2ccc(C)nc21. The minimum atomic E-state index is -0.434. The Hall–Kier alpha value is -2.58. The second kappa shape index (κ2) is 7.81.